The van der Waals surface area contributed by atoms with Gasteiger partial charge in [0.05, 0.1) is 43.7 Å². The van der Waals surface area contributed by atoms with Crippen LogP contribution in [0.5, 0.6) is 11.5 Å². The van der Waals surface area contributed by atoms with Gasteiger partial charge in [0.2, 0.25) is 6.29 Å². The predicted octanol–water partition coefficient (Wildman–Crippen LogP) is -0.697. The van der Waals surface area contributed by atoms with E-state index in [-0.39, 0.29) is 12.0 Å². The molecule has 1 aromatic rings. The van der Waals surface area contributed by atoms with Gasteiger partial charge in [0, 0.05) is 12.3 Å². The third-order valence-electron chi connectivity index (χ3n) is 6.94. The van der Waals surface area contributed by atoms with Crippen molar-refractivity contribution in [1.29, 1.82) is 0 Å². The summed E-state index contributed by atoms with van der Waals surface area (Å²) in [5, 5.41) is 52.3. The van der Waals surface area contributed by atoms with Crippen LogP contribution in [0.4, 0.5) is 0 Å². The molecule has 0 aromatic heterocycles. The molecule has 1 aromatic carbocycles. The van der Waals surface area contributed by atoms with Crippen molar-refractivity contribution in [3.05, 3.63) is 36.1 Å². The summed E-state index contributed by atoms with van der Waals surface area (Å²) in [7, 11) is 2.88. The molecule has 0 bridgehead atoms. The number of hydrogen-bond donors (Lipinski definition) is 5. The highest BCUT2D eigenvalue weighted by atomic mass is 16.8. The number of esters is 1. The zero-order valence-corrected chi connectivity index (χ0v) is 20.1. The third kappa shape index (κ3) is 5.02. The number of aliphatic hydroxyl groups excluding tert-OH is 4. The molecular formula is C24H32O12. The van der Waals surface area contributed by atoms with Crippen molar-refractivity contribution >= 4 is 5.97 Å². The van der Waals surface area contributed by atoms with Crippen LogP contribution in [0.3, 0.4) is 0 Å². The first kappa shape index (κ1) is 26.6. The van der Waals surface area contributed by atoms with E-state index in [1.54, 1.807) is 13.0 Å². The molecule has 2 aliphatic heterocycles. The lowest BCUT2D eigenvalue weighted by Crippen LogP contribution is -2.61. The van der Waals surface area contributed by atoms with Crippen LogP contribution in [0.2, 0.25) is 0 Å². The molecule has 0 spiro atoms. The summed E-state index contributed by atoms with van der Waals surface area (Å²) in [6.45, 7) is 1.08. The number of ether oxygens (including phenoxy) is 6. The summed E-state index contributed by atoms with van der Waals surface area (Å²) in [6, 6.07) is 4.43. The molecule has 200 valence electrons. The molecule has 12 nitrogen and oxygen atoms in total. The first-order valence-corrected chi connectivity index (χ1v) is 11.5. The van der Waals surface area contributed by atoms with Crippen LogP contribution in [-0.2, 0) is 18.9 Å². The number of aliphatic hydroxyl groups is 5. The van der Waals surface area contributed by atoms with E-state index in [9.17, 15) is 30.3 Å². The lowest BCUT2D eigenvalue weighted by atomic mass is 9.85. The van der Waals surface area contributed by atoms with E-state index in [1.807, 2.05) is 0 Å². The molecule has 0 radical (unpaired) electrons. The van der Waals surface area contributed by atoms with Gasteiger partial charge in [0.15, 0.2) is 17.8 Å². The van der Waals surface area contributed by atoms with Crippen LogP contribution in [0.25, 0.3) is 0 Å². The number of fused-ring (bicyclic) bond motifs is 1. The van der Waals surface area contributed by atoms with Crippen molar-refractivity contribution in [2.45, 2.75) is 62.0 Å². The van der Waals surface area contributed by atoms with E-state index >= 15 is 0 Å². The molecule has 1 saturated heterocycles. The minimum atomic E-state index is -1.68. The van der Waals surface area contributed by atoms with Crippen LogP contribution < -0.4 is 9.47 Å². The van der Waals surface area contributed by atoms with Crippen LogP contribution in [0.15, 0.2) is 30.5 Å². The number of benzene rings is 1. The summed E-state index contributed by atoms with van der Waals surface area (Å²) < 4.78 is 32.5. The average molecular weight is 513 g/mol. The zero-order valence-electron chi connectivity index (χ0n) is 20.1. The van der Waals surface area contributed by atoms with Gasteiger partial charge in [0.1, 0.15) is 31.0 Å². The Morgan fingerprint density at radius 3 is 2.47 bits per heavy atom. The maximum atomic E-state index is 12.6. The topological polar surface area (TPSA) is 174 Å². The van der Waals surface area contributed by atoms with Gasteiger partial charge in [-0.3, -0.25) is 0 Å². The summed E-state index contributed by atoms with van der Waals surface area (Å²) >= 11 is 0. The Hall–Kier alpha value is -2.45. The molecule has 36 heavy (non-hydrogen) atoms. The fourth-order valence-corrected chi connectivity index (χ4v) is 4.99. The zero-order chi connectivity index (χ0) is 26.2. The van der Waals surface area contributed by atoms with Gasteiger partial charge in [-0.2, -0.15) is 0 Å². The fraction of sp³-hybridized carbons (Fsp3) is 0.625. The maximum absolute atomic E-state index is 12.6. The summed E-state index contributed by atoms with van der Waals surface area (Å²) in [6.07, 6.45) is -6.55. The Morgan fingerprint density at radius 1 is 1.06 bits per heavy atom. The second-order valence-corrected chi connectivity index (χ2v) is 9.38. The van der Waals surface area contributed by atoms with Crippen molar-refractivity contribution in [2.24, 2.45) is 11.8 Å². The Labute approximate surface area is 207 Å². The van der Waals surface area contributed by atoms with Crippen LogP contribution in [0, 0.1) is 11.8 Å². The molecule has 12 heteroatoms. The number of hydrogen-bond acceptors (Lipinski definition) is 12. The van der Waals surface area contributed by atoms with Crippen molar-refractivity contribution in [1.82, 2.24) is 0 Å². The molecular weight excluding hydrogens is 480 g/mol. The Bertz CT molecular complexity index is 964. The first-order chi connectivity index (χ1) is 17.1. The highest BCUT2D eigenvalue weighted by molar-refractivity contribution is 5.90. The molecule has 0 amide bonds. The molecule has 2 heterocycles. The predicted molar refractivity (Wildman–Crippen MR) is 120 cm³/mol. The highest BCUT2D eigenvalue weighted by Gasteiger charge is 2.56. The molecule has 2 fully saturated rings. The Kier molecular flexibility index (Phi) is 7.76. The number of methoxy groups -OCH3 is 2. The van der Waals surface area contributed by atoms with E-state index < -0.39 is 73.1 Å². The molecule has 1 saturated carbocycles. The second-order valence-electron chi connectivity index (χ2n) is 9.38. The van der Waals surface area contributed by atoms with Crippen LogP contribution >= 0.6 is 0 Å². The molecule has 1 aliphatic carbocycles. The largest absolute Gasteiger partial charge is 0.493 e. The van der Waals surface area contributed by atoms with E-state index in [2.05, 4.69) is 0 Å². The Balaban J connectivity index is 1.43. The molecule has 4 rings (SSSR count). The molecule has 10 atom stereocenters. The van der Waals surface area contributed by atoms with E-state index in [0.717, 1.165) is 0 Å². The Morgan fingerprint density at radius 2 is 1.78 bits per heavy atom. The van der Waals surface area contributed by atoms with Gasteiger partial charge < -0.3 is 54.0 Å². The second kappa shape index (κ2) is 10.5. The van der Waals surface area contributed by atoms with E-state index in [0.29, 0.717) is 11.5 Å². The minimum Gasteiger partial charge on any atom is -0.493 e. The van der Waals surface area contributed by atoms with Gasteiger partial charge in [0.25, 0.3) is 0 Å². The van der Waals surface area contributed by atoms with Crippen LogP contribution in [0.1, 0.15) is 23.7 Å². The number of carbonyl (C=O) groups is 1. The molecule has 10 unspecified atom stereocenters. The van der Waals surface area contributed by atoms with Gasteiger partial charge in [-0.15, -0.1) is 0 Å². The summed E-state index contributed by atoms with van der Waals surface area (Å²) in [5.41, 5.74) is -1.17. The van der Waals surface area contributed by atoms with Crippen molar-refractivity contribution in [2.75, 3.05) is 20.8 Å². The maximum Gasteiger partial charge on any atom is 0.338 e. The lowest BCUT2D eigenvalue weighted by molar-refractivity contribution is -0.346. The number of carbonyl (C=O) groups excluding carboxylic acids is 1. The monoisotopic (exact) mass is 512 g/mol. The van der Waals surface area contributed by atoms with Gasteiger partial charge >= 0.3 is 5.97 Å². The molecule has 3 aliphatic rings. The lowest BCUT2D eigenvalue weighted by Gasteiger charge is -2.43. The van der Waals surface area contributed by atoms with Crippen molar-refractivity contribution in [3.8, 4) is 11.5 Å². The minimum absolute atomic E-state index is 0.0973. The van der Waals surface area contributed by atoms with Crippen molar-refractivity contribution in [3.63, 3.8) is 0 Å². The van der Waals surface area contributed by atoms with Gasteiger partial charge in [-0.05, 0) is 31.2 Å². The quantitative estimate of drug-likeness (QED) is 0.291. The summed E-state index contributed by atoms with van der Waals surface area (Å²) in [5.74, 6) is -1.13. The van der Waals surface area contributed by atoms with E-state index in [1.165, 1.54) is 38.7 Å². The van der Waals surface area contributed by atoms with Gasteiger partial charge in [-0.1, -0.05) is 0 Å². The van der Waals surface area contributed by atoms with Crippen LogP contribution in [-0.4, -0.2) is 101 Å². The fourth-order valence-electron chi connectivity index (χ4n) is 4.99. The van der Waals surface area contributed by atoms with Crippen molar-refractivity contribution < 1.29 is 58.7 Å². The first-order valence-electron chi connectivity index (χ1n) is 11.5. The SMILES string of the molecule is COc1ccc(C(=O)OCC2OC(OC3OC=CC4C(O)CC(C)(O)C34)C(O)C(O)C2O)cc1OC. The average Bonchev–Trinajstić information content (AvgIpc) is 3.11. The highest BCUT2D eigenvalue weighted by Crippen LogP contribution is 2.46. The third-order valence-corrected chi connectivity index (χ3v) is 6.94. The standard InChI is InChI=1S/C24H32O12/c1-24(30)9-13(25)12-6-7-33-22(17(12)24)36-23-20(28)19(27)18(26)16(35-23)10-34-21(29)11-4-5-14(31-2)15(8-11)32-3/h4-8,12-13,16-20,22-23,25-28,30H,9-10H2,1-3H3. The smallest absolute Gasteiger partial charge is 0.338 e. The van der Waals surface area contributed by atoms with E-state index in [4.69, 9.17) is 28.4 Å². The normalized spacial score (nSPS) is 39.7. The van der Waals surface area contributed by atoms with Gasteiger partial charge in [-0.25, -0.2) is 4.79 Å². The number of rotatable bonds is 7. The summed E-state index contributed by atoms with van der Waals surface area (Å²) in [4.78, 5) is 12.6. The molecule has 5 N–H and O–H groups in total.